The summed E-state index contributed by atoms with van der Waals surface area (Å²) in [6.45, 7) is 3.78. The van der Waals surface area contributed by atoms with Crippen LogP contribution in [0.3, 0.4) is 0 Å². The van der Waals surface area contributed by atoms with E-state index in [4.69, 9.17) is 10.9 Å². The van der Waals surface area contributed by atoms with Crippen molar-refractivity contribution in [1.82, 2.24) is 15.0 Å². The number of hydrogen-bond acceptors (Lipinski definition) is 6. The highest BCUT2D eigenvalue weighted by Crippen LogP contribution is 2.28. The summed E-state index contributed by atoms with van der Waals surface area (Å²) in [5.41, 5.74) is 8.08. The van der Waals surface area contributed by atoms with E-state index in [0.29, 0.717) is 15.6 Å². The highest BCUT2D eigenvalue weighted by atomic mass is 32.2. The molecule has 0 spiro atoms. The van der Waals surface area contributed by atoms with Gasteiger partial charge in [-0.25, -0.2) is 9.97 Å². The molecule has 0 aliphatic rings. The SMILES string of the molecule is Cc1cc(C)c(C(N)=NO)c(Sc2cnccn2)n1. The average Bonchev–Trinajstić information content (AvgIpc) is 2.38. The number of oxime groups is 1. The Labute approximate surface area is 114 Å². The first-order chi connectivity index (χ1) is 9.11. The number of pyridine rings is 1. The Hall–Kier alpha value is -2.15. The van der Waals surface area contributed by atoms with Crippen LogP contribution in [0.25, 0.3) is 0 Å². The molecule has 0 saturated heterocycles. The number of nitrogens with two attached hydrogens (primary N) is 1. The second-order valence-corrected chi connectivity index (χ2v) is 4.90. The molecule has 0 fully saturated rings. The van der Waals surface area contributed by atoms with Gasteiger partial charge in [0.05, 0.1) is 11.8 Å². The lowest BCUT2D eigenvalue weighted by Crippen LogP contribution is -2.17. The van der Waals surface area contributed by atoms with Crippen LogP contribution in [0.5, 0.6) is 0 Å². The van der Waals surface area contributed by atoms with Crippen LogP contribution < -0.4 is 5.73 Å². The van der Waals surface area contributed by atoms with E-state index in [1.807, 2.05) is 19.9 Å². The molecule has 2 rings (SSSR count). The summed E-state index contributed by atoms with van der Waals surface area (Å²) in [5, 5.41) is 13.3. The molecule has 0 unspecified atom stereocenters. The zero-order valence-corrected chi connectivity index (χ0v) is 11.3. The molecule has 2 aromatic heterocycles. The standard InChI is InChI=1S/C12H13N5OS/c1-7-5-8(2)16-12(10(7)11(13)17-18)19-9-6-14-3-4-15-9/h3-6,18H,1-2H3,(H2,13,17). The van der Waals surface area contributed by atoms with E-state index in [9.17, 15) is 0 Å². The average molecular weight is 275 g/mol. The minimum Gasteiger partial charge on any atom is -0.409 e. The Balaban J connectivity index is 2.49. The molecule has 2 heterocycles. The molecule has 0 saturated carbocycles. The van der Waals surface area contributed by atoms with Crippen molar-refractivity contribution in [3.8, 4) is 0 Å². The summed E-state index contributed by atoms with van der Waals surface area (Å²) >= 11 is 1.33. The third-order valence-electron chi connectivity index (χ3n) is 2.42. The van der Waals surface area contributed by atoms with Crippen molar-refractivity contribution in [2.45, 2.75) is 23.9 Å². The summed E-state index contributed by atoms with van der Waals surface area (Å²) in [4.78, 5) is 12.6. The van der Waals surface area contributed by atoms with Gasteiger partial charge in [-0.05, 0) is 37.2 Å². The first-order valence-corrected chi connectivity index (χ1v) is 6.33. The van der Waals surface area contributed by atoms with Gasteiger partial charge in [-0.1, -0.05) is 5.16 Å². The fourth-order valence-electron chi connectivity index (χ4n) is 1.68. The van der Waals surface area contributed by atoms with Crippen molar-refractivity contribution in [3.63, 3.8) is 0 Å². The van der Waals surface area contributed by atoms with Gasteiger partial charge in [0.25, 0.3) is 0 Å². The number of rotatable bonds is 3. The van der Waals surface area contributed by atoms with Gasteiger partial charge in [0, 0.05) is 18.1 Å². The van der Waals surface area contributed by atoms with Crippen molar-refractivity contribution >= 4 is 17.6 Å². The minimum absolute atomic E-state index is 0.0383. The van der Waals surface area contributed by atoms with Crippen molar-refractivity contribution in [2.24, 2.45) is 10.9 Å². The third kappa shape index (κ3) is 3.00. The van der Waals surface area contributed by atoms with Gasteiger partial charge in [-0.15, -0.1) is 0 Å². The minimum atomic E-state index is 0.0383. The number of amidine groups is 1. The first kappa shape index (κ1) is 13.3. The zero-order valence-electron chi connectivity index (χ0n) is 10.5. The van der Waals surface area contributed by atoms with Gasteiger partial charge in [0.2, 0.25) is 0 Å². The number of nitrogens with zero attached hydrogens (tertiary/aromatic N) is 4. The Morgan fingerprint density at radius 2 is 2.16 bits per heavy atom. The summed E-state index contributed by atoms with van der Waals surface area (Å²) in [6, 6.07) is 1.88. The largest absolute Gasteiger partial charge is 0.409 e. The molecule has 2 aromatic rings. The predicted octanol–water partition coefficient (Wildman–Crippen LogP) is 1.73. The van der Waals surface area contributed by atoms with Crippen LogP contribution in [0.4, 0.5) is 0 Å². The zero-order chi connectivity index (χ0) is 13.8. The van der Waals surface area contributed by atoms with Crippen LogP contribution in [-0.4, -0.2) is 26.0 Å². The first-order valence-electron chi connectivity index (χ1n) is 5.52. The lowest BCUT2D eigenvalue weighted by molar-refractivity contribution is 0.318. The van der Waals surface area contributed by atoms with Crippen LogP contribution in [0.15, 0.2) is 39.9 Å². The van der Waals surface area contributed by atoms with E-state index >= 15 is 0 Å². The fourth-order valence-corrected chi connectivity index (χ4v) is 2.66. The molecule has 7 heteroatoms. The topological polar surface area (TPSA) is 97.3 Å². The molecule has 0 aromatic carbocycles. The van der Waals surface area contributed by atoms with E-state index in [-0.39, 0.29) is 5.84 Å². The quantitative estimate of drug-likeness (QED) is 0.383. The van der Waals surface area contributed by atoms with Crippen molar-refractivity contribution < 1.29 is 5.21 Å². The molecule has 0 radical (unpaired) electrons. The van der Waals surface area contributed by atoms with Gasteiger partial charge < -0.3 is 10.9 Å². The van der Waals surface area contributed by atoms with Crippen molar-refractivity contribution in [1.29, 1.82) is 0 Å². The Bertz CT molecular complexity index is 615. The molecule has 0 aliphatic carbocycles. The molecular formula is C12H13N5OS. The Morgan fingerprint density at radius 1 is 1.37 bits per heavy atom. The lowest BCUT2D eigenvalue weighted by Gasteiger charge is -2.10. The smallest absolute Gasteiger partial charge is 0.173 e. The van der Waals surface area contributed by atoms with Gasteiger partial charge >= 0.3 is 0 Å². The second-order valence-electron chi connectivity index (χ2n) is 3.89. The molecule has 19 heavy (non-hydrogen) atoms. The van der Waals surface area contributed by atoms with Crippen LogP contribution in [-0.2, 0) is 0 Å². The van der Waals surface area contributed by atoms with E-state index in [1.54, 1.807) is 18.6 Å². The molecule has 98 valence electrons. The summed E-state index contributed by atoms with van der Waals surface area (Å²) in [7, 11) is 0. The van der Waals surface area contributed by atoms with Crippen LogP contribution >= 0.6 is 11.8 Å². The third-order valence-corrected chi connectivity index (χ3v) is 3.32. The highest BCUT2D eigenvalue weighted by molar-refractivity contribution is 7.99. The van der Waals surface area contributed by atoms with Crippen LogP contribution in [0.2, 0.25) is 0 Å². The maximum Gasteiger partial charge on any atom is 0.173 e. The fraction of sp³-hybridized carbons (Fsp3) is 0.167. The number of aryl methyl sites for hydroxylation is 2. The van der Waals surface area contributed by atoms with Crippen molar-refractivity contribution in [2.75, 3.05) is 0 Å². The monoisotopic (exact) mass is 275 g/mol. The van der Waals surface area contributed by atoms with Gasteiger partial charge in [0.15, 0.2) is 5.84 Å². The Kier molecular flexibility index (Phi) is 3.96. The molecule has 0 atom stereocenters. The molecule has 0 amide bonds. The maximum absolute atomic E-state index is 8.87. The van der Waals surface area contributed by atoms with Gasteiger partial charge in [0.1, 0.15) is 10.1 Å². The number of aromatic nitrogens is 3. The van der Waals surface area contributed by atoms with Gasteiger partial charge in [-0.2, -0.15) is 0 Å². The lowest BCUT2D eigenvalue weighted by atomic mass is 10.1. The summed E-state index contributed by atoms with van der Waals surface area (Å²) < 4.78 is 0. The second kappa shape index (κ2) is 5.66. The molecular weight excluding hydrogens is 262 g/mol. The molecule has 0 aliphatic heterocycles. The molecule has 6 nitrogen and oxygen atoms in total. The van der Waals surface area contributed by atoms with Crippen molar-refractivity contribution in [3.05, 3.63) is 41.5 Å². The highest BCUT2D eigenvalue weighted by Gasteiger charge is 2.15. The molecule has 0 bridgehead atoms. The van der Waals surface area contributed by atoms with E-state index < -0.39 is 0 Å². The molecule has 3 N–H and O–H groups in total. The van der Waals surface area contributed by atoms with Gasteiger partial charge in [-0.3, -0.25) is 4.98 Å². The van der Waals surface area contributed by atoms with Crippen LogP contribution in [0.1, 0.15) is 16.8 Å². The predicted molar refractivity (Wildman–Crippen MR) is 72.4 cm³/mol. The Morgan fingerprint density at radius 3 is 2.79 bits per heavy atom. The summed E-state index contributed by atoms with van der Waals surface area (Å²) in [6.07, 6.45) is 4.84. The normalized spacial score (nSPS) is 11.6. The van der Waals surface area contributed by atoms with E-state index in [2.05, 4.69) is 20.1 Å². The van der Waals surface area contributed by atoms with E-state index in [0.717, 1.165) is 11.3 Å². The van der Waals surface area contributed by atoms with Crippen LogP contribution in [0, 0.1) is 13.8 Å². The maximum atomic E-state index is 8.87. The number of hydrogen-bond donors (Lipinski definition) is 2. The summed E-state index contributed by atoms with van der Waals surface area (Å²) in [5.74, 6) is 0.0383. The van der Waals surface area contributed by atoms with E-state index in [1.165, 1.54) is 11.8 Å².